The molecule has 32 heavy (non-hydrogen) atoms. The SMILES string of the molecule is COc1ccc(C)cc1NC(=O)CSc1nnc(CN2CCOCC2)n1-c1ccccc1. The van der Waals surface area contributed by atoms with E-state index in [9.17, 15) is 4.79 Å². The summed E-state index contributed by atoms with van der Waals surface area (Å²) in [4.78, 5) is 15.0. The molecule has 9 heteroatoms. The van der Waals surface area contributed by atoms with Crippen LogP contribution in [0.25, 0.3) is 5.69 Å². The van der Waals surface area contributed by atoms with Crippen molar-refractivity contribution < 1.29 is 14.3 Å². The highest BCUT2D eigenvalue weighted by molar-refractivity contribution is 7.99. The molecule has 168 valence electrons. The monoisotopic (exact) mass is 453 g/mol. The number of nitrogens with zero attached hydrogens (tertiary/aromatic N) is 4. The molecule has 1 saturated heterocycles. The average molecular weight is 454 g/mol. The van der Waals surface area contributed by atoms with Gasteiger partial charge in [0.25, 0.3) is 0 Å². The second kappa shape index (κ2) is 10.6. The maximum absolute atomic E-state index is 12.7. The number of benzene rings is 2. The molecule has 8 nitrogen and oxygen atoms in total. The van der Waals surface area contributed by atoms with Crippen LogP contribution in [0.4, 0.5) is 5.69 Å². The Morgan fingerprint density at radius 1 is 1.16 bits per heavy atom. The van der Waals surface area contributed by atoms with Crippen LogP contribution in [0.5, 0.6) is 5.75 Å². The number of aryl methyl sites for hydroxylation is 1. The molecular formula is C23H27N5O3S. The first-order chi connectivity index (χ1) is 15.6. The molecule has 0 atom stereocenters. The van der Waals surface area contributed by atoms with Gasteiger partial charge in [0.1, 0.15) is 5.75 Å². The Hall–Kier alpha value is -2.88. The zero-order valence-electron chi connectivity index (χ0n) is 18.3. The molecule has 1 aliphatic rings. The Labute approximate surface area is 191 Å². The molecule has 1 N–H and O–H groups in total. The summed E-state index contributed by atoms with van der Waals surface area (Å²) in [5, 5.41) is 12.5. The van der Waals surface area contributed by atoms with Gasteiger partial charge in [-0.1, -0.05) is 36.0 Å². The molecule has 2 aromatic carbocycles. The van der Waals surface area contributed by atoms with Crippen LogP contribution in [0.1, 0.15) is 11.4 Å². The van der Waals surface area contributed by atoms with E-state index in [0.717, 1.165) is 43.4 Å². The maximum atomic E-state index is 12.7. The number of anilines is 1. The van der Waals surface area contributed by atoms with Crippen LogP contribution in [0.3, 0.4) is 0 Å². The van der Waals surface area contributed by atoms with Gasteiger partial charge in [-0.3, -0.25) is 14.3 Å². The highest BCUT2D eigenvalue weighted by Crippen LogP contribution is 2.27. The van der Waals surface area contributed by atoms with E-state index in [1.807, 2.05) is 60.0 Å². The van der Waals surface area contributed by atoms with Gasteiger partial charge in [0.15, 0.2) is 11.0 Å². The summed E-state index contributed by atoms with van der Waals surface area (Å²) in [5.41, 5.74) is 2.69. The molecule has 0 saturated carbocycles. The van der Waals surface area contributed by atoms with Crippen molar-refractivity contribution in [2.45, 2.75) is 18.6 Å². The van der Waals surface area contributed by atoms with Gasteiger partial charge < -0.3 is 14.8 Å². The van der Waals surface area contributed by atoms with Crippen molar-refractivity contribution in [3.63, 3.8) is 0 Å². The Balaban J connectivity index is 1.49. The van der Waals surface area contributed by atoms with Crippen LogP contribution in [0, 0.1) is 6.92 Å². The first-order valence-corrected chi connectivity index (χ1v) is 11.5. The Morgan fingerprint density at radius 2 is 1.94 bits per heavy atom. The van der Waals surface area contributed by atoms with Gasteiger partial charge in [-0.25, -0.2) is 0 Å². The summed E-state index contributed by atoms with van der Waals surface area (Å²) in [6.07, 6.45) is 0. The van der Waals surface area contributed by atoms with E-state index in [-0.39, 0.29) is 11.7 Å². The van der Waals surface area contributed by atoms with Gasteiger partial charge >= 0.3 is 0 Å². The molecule has 1 aliphatic heterocycles. The summed E-state index contributed by atoms with van der Waals surface area (Å²) >= 11 is 1.36. The van der Waals surface area contributed by atoms with E-state index >= 15 is 0 Å². The number of hydrogen-bond acceptors (Lipinski definition) is 7. The smallest absolute Gasteiger partial charge is 0.234 e. The van der Waals surface area contributed by atoms with Gasteiger partial charge in [0.05, 0.1) is 38.3 Å². The second-order valence-electron chi connectivity index (χ2n) is 7.50. The van der Waals surface area contributed by atoms with Crippen molar-refractivity contribution in [1.82, 2.24) is 19.7 Å². The molecule has 1 amide bonds. The van der Waals surface area contributed by atoms with Gasteiger partial charge in [-0.15, -0.1) is 10.2 Å². The molecule has 4 rings (SSSR count). The first-order valence-electron chi connectivity index (χ1n) is 10.5. The Bertz CT molecular complexity index is 1050. The standard InChI is InChI=1S/C23H27N5O3S/c1-17-8-9-20(30-2)19(14-17)24-22(29)16-32-23-26-25-21(15-27-10-12-31-13-11-27)28(23)18-6-4-3-5-7-18/h3-9,14H,10-13,15-16H2,1-2H3,(H,24,29). The zero-order valence-corrected chi connectivity index (χ0v) is 19.1. The predicted octanol–water partition coefficient (Wildman–Crippen LogP) is 3.15. The third-order valence-corrected chi connectivity index (χ3v) is 6.07. The number of hydrogen-bond donors (Lipinski definition) is 1. The number of carbonyl (C=O) groups is 1. The van der Waals surface area contributed by atoms with Crippen molar-refractivity contribution in [3.05, 3.63) is 59.9 Å². The molecule has 2 heterocycles. The lowest BCUT2D eigenvalue weighted by molar-refractivity contribution is -0.113. The van der Waals surface area contributed by atoms with E-state index in [1.54, 1.807) is 7.11 Å². The summed E-state index contributed by atoms with van der Waals surface area (Å²) in [6, 6.07) is 15.7. The van der Waals surface area contributed by atoms with Gasteiger partial charge in [0.2, 0.25) is 5.91 Å². The number of para-hydroxylation sites is 1. The Morgan fingerprint density at radius 3 is 2.69 bits per heavy atom. The molecular weight excluding hydrogens is 426 g/mol. The number of amides is 1. The highest BCUT2D eigenvalue weighted by Gasteiger charge is 2.20. The average Bonchev–Trinajstić information content (AvgIpc) is 3.21. The van der Waals surface area contributed by atoms with E-state index < -0.39 is 0 Å². The van der Waals surface area contributed by atoms with Crippen LogP contribution in [-0.4, -0.2) is 64.7 Å². The molecule has 0 bridgehead atoms. The summed E-state index contributed by atoms with van der Waals surface area (Å²) in [5.74, 6) is 1.56. The number of aromatic nitrogens is 3. The Kier molecular flexibility index (Phi) is 7.41. The highest BCUT2D eigenvalue weighted by atomic mass is 32.2. The number of nitrogens with one attached hydrogen (secondary N) is 1. The van der Waals surface area contributed by atoms with E-state index in [2.05, 4.69) is 20.4 Å². The number of ether oxygens (including phenoxy) is 2. The number of thioether (sulfide) groups is 1. The quantitative estimate of drug-likeness (QED) is 0.525. The fourth-order valence-corrected chi connectivity index (χ4v) is 4.30. The number of rotatable bonds is 8. The molecule has 0 radical (unpaired) electrons. The first kappa shape index (κ1) is 22.3. The van der Waals surface area contributed by atoms with Crippen molar-refractivity contribution in [3.8, 4) is 11.4 Å². The molecule has 0 aliphatic carbocycles. The zero-order chi connectivity index (χ0) is 22.3. The summed E-state index contributed by atoms with van der Waals surface area (Å²) < 4.78 is 12.8. The van der Waals surface area contributed by atoms with Crippen LogP contribution in [0.2, 0.25) is 0 Å². The fraction of sp³-hybridized carbons (Fsp3) is 0.348. The van der Waals surface area contributed by atoms with Crippen LogP contribution < -0.4 is 10.1 Å². The number of methoxy groups -OCH3 is 1. The van der Waals surface area contributed by atoms with Crippen molar-refractivity contribution in [2.24, 2.45) is 0 Å². The lowest BCUT2D eigenvalue weighted by atomic mass is 10.2. The van der Waals surface area contributed by atoms with Crippen LogP contribution in [-0.2, 0) is 16.1 Å². The molecule has 1 fully saturated rings. The summed E-state index contributed by atoms with van der Waals surface area (Å²) in [6.45, 7) is 5.84. The van der Waals surface area contributed by atoms with E-state index in [1.165, 1.54) is 11.8 Å². The lowest BCUT2D eigenvalue weighted by Gasteiger charge is -2.26. The minimum absolute atomic E-state index is 0.128. The topological polar surface area (TPSA) is 81.5 Å². The number of morpholine rings is 1. The van der Waals surface area contributed by atoms with Crippen molar-refractivity contribution in [1.29, 1.82) is 0 Å². The third-order valence-electron chi connectivity index (χ3n) is 5.14. The third kappa shape index (κ3) is 5.48. The lowest BCUT2D eigenvalue weighted by Crippen LogP contribution is -2.36. The predicted molar refractivity (Wildman–Crippen MR) is 125 cm³/mol. The van der Waals surface area contributed by atoms with E-state index in [4.69, 9.17) is 9.47 Å². The normalized spacial score (nSPS) is 14.3. The van der Waals surface area contributed by atoms with Crippen LogP contribution >= 0.6 is 11.8 Å². The maximum Gasteiger partial charge on any atom is 0.234 e. The molecule has 3 aromatic rings. The molecule has 0 unspecified atom stereocenters. The largest absolute Gasteiger partial charge is 0.495 e. The molecule has 0 spiro atoms. The van der Waals surface area contributed by atoms with E-state index in [0.29, 0.717) is 23.1 Å². The fourth-order valence-electron chi connectivity index (χ4n) is 3.53. The minimum Gasteiger partial charge on any atom is -0.495 e. The van der Waals surface area contributed by atoms with Gasteiger partial charge in [-0.2, -0.15) is 0 Å². The van der Waals surface area contributed by atoms with Crippen molar-refractivity contribution >= 4 is 23.4 Å². The molecule has 1 aromatic heterocycles. The van der Waals surface area contributed by atoms with Crippen LogP contribution in [0.15, 0.2) is 53.7 Å². The second-order valence-corrected chi connectivity index (χ2v) is 8.44. The van der Waals surface area contributed by atoms with Crippen molar-refractivity contribution in [2.75, 3.05) is 44.5 Å². The number of carbonyl (C=O) groups excluding carboxylic acids is 1. The van der Waals surface area contributed by atoms with Gasteiger partial charge in [-0.05, 0) is 36.8 Å². The minimum atomic E-state index is -0.128. The summed E-state index contributed by atoms with van der Waals surface area (Å²) in [7, 11) is 1.59. The van der Waals surface area contributed by atoms with Gasteiger partial charge in [0, 0.05) is 18.8 Å².